The molecule has 3 amide bonds. The molecule has 8 heteroatoms. The van der Waals surface area contributed by atoms with Crippen LogP contribution in [0.2, 0.25) is 0 Å². The highest BCUT2D eigenvalue weighted by molar-refractivity contribution is 5.86. The Hall–Kier alpha value is -1.83. The monoisotopic (exact) mass is 289 g/mol. The lowest BCUT2D eigenvalue weighted by atomic mass is 10.3. The fraction of sp³-hybridized carbons (Fsp3) is 0.750. The van der Waals surface area contributed by atoms with Gasteiger partial charge in [-0.1, -0.05) is 0 Å². The van der Waals surface area contributed by atoms with E-state index in [-0.39, 0.29) is 12.6 Å². The van der Waals surface area contributed by atoms with Crippen molar-refractivity contribution in [3.05, 3.63) is 0 Å². The zero-order valence-electron chi connectivity index (χ0n) is 11.9. The number of unbranched alkanes of at least 4 members (excludes halogenated alkanes) is 1. The summed E-state index contributed by atoms with van der Waals surface area (Å²) in [7, 11) is 0. The Morgan fingerprint density at radius 2 is 1.75 bits per heavy atom. The maximum absolute atomic E-state index is 11.3. The van der Waals surface area contributed by atoms with E-state index in [9.17, 15) is 14.4 Å². The van der Waals surface area contributed by atoms with Gasteiger partial charge in [-0.05, 0) is 26.7 Å². The summed E-state index contributed by atoms with van der Waals surface area (Å²) < 4.78 is 5.34. The third kappa shape index (κ3) is 12.6. The van der Waals surface area contributed by atoms with Crippen LogP contribution in [0.1, 0.15) is 26.7 Å². The van der Waals surface area contributed by atoms with E-state index in [4.69, 9.17) is 9.84 Å². The van der Waals surface area contributed by atoms with Crippen molar-refractivity contribution in [3.8, 4) is 0 Å². The Morgan fingerprint density at radius 3 is 2.35 bits per heavy atom. The molecule has 0 fully saturated rings. The number of hydrogen-bond donors (Lipinski definition) is 4. The van der Waals surface area contributed by atoms with Crippen LogP contribution >= 0.6 is 0 Å². The van der Waals surface area contributed by atoms with Crippen molar-refractivity contribution in [3.63, 3.8) is 0 Å². The summed E-state index contributed by atoms with van der Waals surface area (Å²) in [5, 5.41) is 15.4. The van der Waals surface area contributed by atoms with Crippen molar-refractivity contribution >= 4 is 17.9 Å². The minimum absolute atomic E-state index is 0.204. The molecule has 116 valence electrons. The van der Waals surface area contributed by atoms with Crippen LogP contribution in [0, 0.1) is 0 Å². The van der Waals surface area contributed by atoms with Crippen molar-refractivity contribution in [2.24, 2.45) is 0 Å². The quantitative estimate of drug-likeness (QED) is 0.412. The standard InChI is InChI=1S/C12H23N3O5/c1-9(2)20-6-4-3-5-13-12(19)15-7-10(16)14-8-11(17)18/h9H,3-8H2,1-2H3,(H,14,16)(H,17,18)(H2,13,15,19). The lowest BCUT2D eigenvalue weighted by Crippen LogP contribution is -2.43. The van der Waals surface area contributed by atoms with Gasteiger partial charge in [-0.25, -0.2) is 4.79 Å². The fourth-order valence-corrected chi connectivity index (χ4v) is 1.21. The van der Waals surface area contributed by atoms with Crippen molar-refractivity contribution < 1.29 is 24.2 Å². The summed E-state index contributed by atoms with van der Waals surface area (Å²) in [5.41, 5.74) is 0. The van der Waals surface area contributed by atoms with Crippen LogP contribution in [0.25, 0.3) is 0 Å². The van der Waals surface area contributed by atoms with E-state index in [2.05, 4.69) is 16.0 Å². The van der Waals surface area contributed by atoms with Gasteiger partial charge in [0.05, 0.1) is 12.6 Å². The molecule has 0 saturated heterocycles. The summed E-state index contributed by atoms with van der Waals surface area (Å²) >= 11 is 0. The first-order valence-electron chi connectivity index (χ1n) is 6.53. The Balaban J connectivity index is 3.45. The maximum Gasteiger partial charge on any atom is 0.322 e. The molecule has 0 aromatic rings. The molecule has 0 aromatic carbocycles. The summed E-state index contributed by atoms with van der Waals surface area (Å²) in [6.07, 6.45) is 1.83. The molecule has 0 radical (unpaired) electrons. The van der Waals surface area contributed by atoms with Gasteiger partial charge < -0.3 is 25.8 Å². The van der Waals surface area contributed by atoms with Gasteiger partial charge in [-0.3, -0.25) is 9.59 Å². The van der Waals surface area contributed by atoms with Crippen molar-refractivity contribution in [1.82, 2.24) is 16.0 Å². The number of carboxylic acid groups (broad SMARTS) is 1. The molecule has 0 heterocycles. The molecule has 0 aliphatic rings. The Labute approximate surface area is 118 Å². The van der Waals surface area contributed by atoms with Gasteiger partial charge in [0, 0.05) is 13.2 Å². The maximum atomic E-state index is 11.3. The van der Waals surface area contributed by atoms with Crippen molar-refractivity contribution in [2.45, 2.75) is 32.8 Å². The third-order valence-electron chi connectivity index (χ3n) is 2.15. The molecule has 0 saturated carbocycles. The van der Waals surface area contributed by atoms with Crippen LogP contribution in [0.4, 0.5) is 4.79 Å². The molecule has 0 atom stereocenters. The SMILES string of the molecule is CC(C)OCCCCNC(=O)NCC(=O)NCC(=O)O. The number of carbonyl (C=O) groups excluding carboxylic acids is 2. The minimum Gasteiger partial charge on any atom is -0.480 e. The number of carbonyl (C=O) groups is 3. The van der Waals surface area contributed by atoms with Crippen molar-refractivity contribution in [2.75, 3.05) is 26.2 Å². The topological polar surface area (TPSA) is 117 Å². The zero-order valence-corrected chi connectivity index (χ0v) is 11.9. The highest BCUT2D eigenvalue weighted by Crippen LogP contribution is 1.93. The van der Waals surface area contributed by atoms with Gasteiger partial charge in [-0.15, -0.1) is 0 Å². The largest absolute Gasteiger partial charge is 0.480 e. The molecule has 0 aromatic heterocycles. The smallest absolute Gasteiger partial charge is 0.322 e. The van der Waals surface area contributed by atoms with E-state index < -0.39 is 24.5 Å². The fourth-order valence-electron chi connectivity index (χ4n) is 1.21. The number of amides is 3. The average Bonchev–Trinajstić information content (AvgIpc) is 2.37. The Kier molecular flexibility index (Phi) is 10.0. The number of urea groups is 1. The van der Waals surface area contributed by atoms with Gasteiger partial charge >= 0.3 is 12.0 Å². The van der Waals surface area contributed by atoms with Gasteiger partial charge in [0.2, 0.25) is 5.91 Å². The van der Waals surface area contributed by atoms with E-state index >= 15 is 0 Å². The molecule has 4 N–H and O–H groups in total. The highest BCUT2D eigenvalue weighted by atomic mass is 16.5. The van der Waals surface area contributed by atoms with E-state index in [0.29, 0.717) is 13.2 Å². The molecular formula is C12H23N3O5. The van der Waals surface area contributed by atoms with Crippen LogP contribution in [-0.2, 0) is 14.3 Å². The molecule has 0 aliphatic heterocycles. The molecule has 0 spiro atoms. The molecule has 0 rings (SSSR count). The lowest BCUT2D eigenvalue weighted by molar-refractivity contribution is -0.137. The van der Waals surface area contributed by atoms with Crippen LogP contribution in [-0.4, -0.2) is 55.4 Å². The predicted molar refractivity (Wildman–Crippen MR) is 72.4 cm³/mol. The van der Waals surface area contributed by atoms with E-state index in [1.807, 2.05) is 13.8 Å². The number of ether oxygens (including phenoxy) is 1. The van der Waals surface area contributed by atoms with E-state index in [1.165, 1.54) is 0 Å². The number of carboxylic acids is 1. The summed E-state index contributed by atoms with van der Waals surface area (Å²) in [6, 6.07) is -0.458. The summed E-state index contributed by atoms with van der Waals surface area (Å²) in [5.74, 6) is -1.68. The third-order valence-corrected chi connectivity index (χ3v) is 2.15. The first-order chi connectivity index (χ1) is 9.41. The lowest BCUT2D eigenvalue weighted by Gasteiger charge is -2.09. The molecular weight excluding hydrogens is 266 g/mol. The van der Waals surface area contributed by atoms with Crippen molar-refractivity contribution in [1.29, 1.82) is 0 Å². The molecule has 20 heavy (non-hydrogen) atoms. The second kappa shape index (κ2) is 11.0. The zero-order chi connectivity index (χ0) is 15.4. The van der Waals surface area contributed by atoms with E-state index in [0.717, 1.165) is 12.8 Å². The van der Waals surface area contributed by atoms with E-state index in [1.54, 1.807) is 0 Å². The van der Waals surface area contributed by atoms with Crippen LogP contribution in [0.5, 0.6) is 0 Å². The molecule has 0 aliphatic carbocycles. The second-order valence-corrected chi connectivity index (χ2v) is 4.41. The molecule has 0 bridgehead atoms. The first kappa shape index (κ1) is 18.2. The molecule has 8 nitrogen and oxygen atoms in total. The summed E-state index contributed by atoms with van der Waals surface area (Å²) in [6.45, 7) is 4.35. The number of nitrogens with one attached hydrogen (secondary N) is 3. The minimum atomic E-state index is -1.13. The highest BCUT2D eigenvalue weighted by Gasteiger charge is 2.05. The Morgan fingerprint density at radius 1 is 1.05 bits per heavy atom. The number of rotatable bonds is 10. The predicted octanol–water partition coefficient (Wildman–Crippen LogP) is -0.308. The summed E-state index contributed by atoms with van der Waals surface area (Å²) in [4.78, 5) is 32.6. The normalized spacial score (nSPS) is 10.2. The first-order valence-corrected chi connectivity index (χ1v) is 6.53. The van der Waals surface area contributed by atoms with Gasteiger partial charge in [-0.2, -0.15) is 0 Å². The van der Waals surface area contributed by atoms with Gasteiger partial charge in [0.15, 0.2) is 0 Å². The van der Waals surface area contributed by atoms with Gasteiger partial charge in [0.1, 0.15) is 6.54 Å². The number of aliphatic carboxylic acids is 1. The van der Waals surface area contributed by atoms with Crippen LogP contribution in [0.15, 0.2) is 0 Å². The second-order valence-electron chi connectivity index (χ2n) is 4.41. The average molecular weight is 289 g/mol. The van der Waals surface area contributed by atoms with Crippen LogP contribution < -0.4 is 16.0 Å². The molecule has 0 unspecified atom stereocenters. The van der Waals surface area contributed by atoms with Gasteiger partial charge in [0.25, 0.3) is 0 Å². The number of hydrogen-bond acceptors (Lipinski definition) is 4. The van der Waals surface area contributed by atoms with Crippen LogP contribution in [0.3, 0.4) is 0 Å². The Bertz CT molecular complexity index is 320.